The second kappa shape index (κ2) is 46.3. The zero-order chi connectivity index (χ0) is 29.8. The first-order valence-corrected chi connectivity index (χ1v) is 10.2. The third-order valence-corrected chi connectivity index (χ3v) is 2.46. The van der Waals surface area contributed by atoms with Crippen LogP contribution in [0.25, 0.3) is 0 Å². The fourth-order valence-corrected chi connectivity index (χ4v) is 0.908. The molecule has 0 radical (unpaired) electrons. The molecule has 0 aromatic heterocycles. The van der Waals surface area contributed by atoms with Gasteiger partial charge in [-0.05, 0) is 19.8 Å². The predicted octanol–water partition coefficient (Wildman–Crippen LogP) is 4.40. The number of aliphatic hydroxyl groups is 1. The number of halogens is 7. The first kappa shape index (κ1) is 50.8. The molecule has 0 fully saturated rings. The smallest absolute Gasteiger partial charge is 0.466 e. The van der Waals surface area contributed by atoms with Gasteiger partial charge in [0.2, 0.25) is 0 Å². The van der Waals surface area contributed by atoms with Crippen molar-refractivity contribution in [3.63, 3.8) is 0 Å². The van der Waals surface area contributed by atoms with Crippen LogP contribution in [-0.2, 0) is 38.3 Å². The molecule has 0 heterocycles. The van der Waals surface area contributed by atoms with Crippen LogP contribution in [0.5, 0.6) is 0 Å². The van der Waals surface area contributed by atoms with E-state index in [1.54, 1.807) is 28.3 Å². The van der Waals surface area contributed by atoms with Crippen molar-refractivity contribution in [1.29, 1.82) is 0 Å². The van der Waals surface area contributed by atoms with Gasteiger partial charge in [-0.3, -0.25) is 14.0 Å². The van der Waals surface area contributed by atoms with Crippen LogP contribution < -0.4 is 0 Å². The Kier molecular flexibility index (Phi) is 63.5. The van der Waals surface area contributed by atoms with Crippen molar-refractivity contribution in [3.8, 4) is 0 Å². The summed E-state index contributed by atoms with van der Waals surface area (Å²) in [4.78, 5) is 31.2. The average Bonchev–Trinajstić information content (AvgIpc) is 2.85. The molecule has 0 spiro atoms. The summed E-state index contributed by atoms with van der Waals surface area (Å²) < 4.78 is 88.1. The van der Waals surface area contributed by atoms with E-state index in [0.717, 1.165) is 12.8 Å². The van der Waals surface area contributed by atoms with Gasteiger partial charge in [0.1, 0.15) is 5.78 Å². The molecular weight excluding hydrogens is 784 g/mol. The van der Waals surface area contributed by atoms with Crippen molar-refractivity contribution in [1.82, 2.24) is 0 Å². The molecule has 224 valence electrons. The summed E-state index contributed by atoms with van der Waals surface area (Å²) in [6, 6.07) is 0. The number of rotatable bonds is 11. The van der Waals surface area contributed by atoms with Gasteiger partial charge in [-0.25, -0.2) is 9.74 Å². The van der Waals surface area contributed by atoms with E-state index in [2.05, 4.69) is 14.2 Å². The second-order valence-electron chi connectivity index (χ2n) is 5.75. The molecule has 0 saturated heterocycles. The Hall–Kier alpha value is -3.04. The molecule has 0 bridgehead atoms. The average molecular weight is 824 g/mol. The Bertz CT molecular complexity index is 443. The Morgan fingerprint density at radius 1 is 0.838 bits per heavy atom. The molecule has 17 heteroatoms. The minimum Gasteiger partial charge on any atom is -0.466 e. The molecule has 9 nitrogen and oxygen atoms in total. The maximum absolute atomic E-state index is 11.1. The molecule has 0 saturated carbocycles. The molecule has 1 N–H and O–H groups in total. The van der Waals surface area contributed by atoms with Crippen molar-refractivity contribution in [2.75, 3.05) is 61.0 Å². The van der Waals surface area contributed by atoms with Crippen LogP contribution in [0, 0.1) is 0 Å². The van der Waals surface area contributed by atoms with Crippen LogP contribution in [0.1, 0.15) is 46.5 Å². The molecule has 0 aromatic rings. The molecule has 0 aliphatic heterocycles. The third kappa shape index (κ3) is 87.9. The molecule has 0 unspecified atom stereocenters. The number of hydrogen-bond donors (Lipinski definition) is 1. The van der Waals surface area contributed by atoms with E-state index in [-0.39, 0.29) is 18.4 Å². The number of hydrogen-bond acceptors (Lipinski definition) is 9. The summed E-state index contributed by atoms with van der Waals surface area (Å²) in [7, 11) is 4.77. The zero-order valence-electron chi connectivity index (χ0n) is 22.1. The van der Waals surface area contributed by atoms with Crippen molar-refractivity contribution >= 4 is 17.7 Å². The van der Waals surface area contributed by atoms with Gasteiger partial charge < -0.3 is 24.1 Å². The minimum atomic E-state index is -5.23. The normalized spacial score (nSPS) is 8.70. The number of ketones is 1. The quantitative estimate of drug-likeness (QED) is 0.184. The van der Waals surface area contributed by atoms with E-state index in [9.17, 15) is 31.7 Å². The SMILES string of the molecule is CCCO.COCCC(C)=O.COCCCF.COCCCOC(C)=O.FF.O=C(OF)C(F)(F)F.[Rf]. The van der Waals surface area contributed by atoms with Crippen molar-refractivity contribution in [2.45, 2.75) is 52.6 Å². The van der Waals surface area contributed by atoms with Crippen LogP contribution in [0.3, 0.4) is 0 Å². The zero-order valence-corrected chi connectivity index (χ0v) is 28.5. The maximum Gasteiger partial charge on any atom is 0.494 e. The summed E-state index contributed by atoms with van der Waals surface area (Å²) in [6.45, 7) is 7.13. The summed E-state index contributed by atoms with van der Waals surface area (Å²) in [5.41, 5.74) is 0. The van der Waals surface area contributed by atoms with Crippen molar-refractivity contribution in [2.24, 2.45) is 0 Å². The van der Waals surface area contributed by atoms with Crippen LogP contribution in [-0.4, -0.2) is 90.0 Å². The Morgan fingerprint density at radius 3 is 1.41 bits per heavy atom. The first-order chi connectivity index (χ1) is 16.8. The van der Waals surface area contributed by atoms with Gasteiger partial charge in [0, 0.05) is 74.6 Å². The van der Waals surface area contributed by atoms with Gasteiger partial charge in [0.05, 0.1) is 19.9 Å². The number of methoxy groups -OCH3 is 3. The van der Waals surface area contributed by atoms with E-state index in [4.69, 9.17) is 23.8 Å². The van der Waals surface area contributed by atoms with Gasteiger partial charge in [0.25, 0.3) is 0 Å². The fourth-order valence-electron chi connectivity index (χ4n) is 0.908. The Balaban J connectivity index is -0.0000000605. The van der Waals surface area contributed by atoms with E-state index in [1.165, 1.54) is 6.92 Å². The molecule has 0 rings (SSSR count). The van der Waals surface area contributed by atoms with E-state index >= 15 is 0 Å². The summed E-state index contributed by atoms with van der Waals surface area (Å²) >= 11 is 0. The molecule has 0 aromatic carbocycles. The van der Waals surface area contributed by atoms with Crippen LogP contribution in [0.15, 0.2) is 0 Å². The van der Waals surface area contributed by atoms with E-state index in [1.807, 2.05) is 11.9 Å². The van der Waals surface area contributed by atoms with Gasteiger partial charge in [-0.2, -0.15) is 13.2 Å². The molecule has 0 aliphatic carbocycles. The van der Waals surface area contributed by atoms with Gasteiger partial charge >= 0.3 is 18.1 Å². The number of Topliss-reactive ketones (excluding diaryl/α,β-unsaturated/α-hetero) is 1. The largest absolute Gasteiger partial charge is 0.494 e. The molecule has 0 aliphatic rings. The second-order valence-corrected chi connectivity index (χ2v) is 5.75. The Morgan fingerprint density at radius 2 is 1.24 bits per heavy atom. The van der Waals surface area contributed by atoms with Crippen molar-refractivity contribution < 1.29 is 74.6 Å². The summed E-state index contributed by atoms with van der Waals surface area (Å²) in [5.74, 6) is -2.88. The van der Waals surface area contributed by atoms with Gasteiger partial charge in [-0.15, -0.1) is 0 Å². The fraction of sp³-hybridized carbons (Fsp3) is 0.850. The number of aliphatic hydroxyl groups excluding tert-OH is 1. The van der Waals surface area contributed by atoms with Gasteiger partial charge in [-0.1, -0.05) is 6.92 Å². The molecule has 0 amide bonds. The van der Waals surface area contributed by atoms with Crippen molar-refractivity contribution in [3.05, 3.63) is 0 Å². The first-order valence-electron chi connectivity index (χ1n) is 10.2. The summed E-state index contributed by atoms with van der Waals surface area (Å²) in [5, 5.41) is 7.88. The topological polar surface area (TPSA) is 118 Å². The summed E-state index contributed by atoms with van der Waals surface area (Å²) in [6.07, 6.45) is -2.52. The number of carbonyl (C=O) groups excluding carboxylic acids is 3. The maximum atomic E-state index is 11.1. The molecular formula is C20H39F7O9Rf. The third-order valence-electron chi connectivity index (χ3n) is 2.46. The van der Waals surface area contributed by atoms with Crippen LogP contribution in [0.2, 0.25) is 0 Å². The standard InChI is InChI=1S/C6H12O3.C5H10O2.C4H9FO.C3H8O.C2F4O2.F2.Rf/c1-6(7)9-5-3-4-8-2;1-5(6)3-4-7-2;1-6-4-2-3-5;1-2-3-4;3-2(4,5)1(7)8-6;1-2;/h3-5H2,1-2H3;3-4H2,1-2H3;2-4H2,1H3;4H,2-3H2,1H3;;;. The van der Waals surface area contributed by atoms with Gasteiger partial charge in [0.15, 0.2) is 0 Å². The Labute approximate surface area is 206 Å². The van der Waals surface area contributed by atoms with Crippen LogP contribution >= 0.6 is 0 Å². The predicted molar refractivity (Wildman–Crippen MR) is 116 cm³/mol. The minimum absolute atomic E-state index is 0. The number of esters is 1. The monoisotopic (exact) mass is 823 g/mol. The number of carbonyl (C=O) groups is 3. The van der Waals surface area contributed by atoms with E-state index in [0.29, 0.717) is 45.9 Å². The van der Waals surface area contributed by atoms with E-state index < -0.39 is 12.1 Å². The number of alkyl halides is 4. The number of ether oxygens (including phenoxy) is 4. The molecule has 37 heavy (non-hydrogen) atoms. The van der Waals surface area contributed by atoms with Crippen LogP contribution in [0.4, 0.5) is 31.2 Å². The molecule has 0 atom stereocenters.